The van der Waals surface area contributed by atoms with Crippen LogP contribution >= 0.6 is 0 Å². The Balaban J connectivity index is 1.56. The Morgan fingerprint density at radius 1 is 1.08 bits per heavy atom. The van der Waals surface area contributed by atoms with Crippen molar-refractivity contribution in [1.82, 2.24) is 15.0 Å². The number of rotatable bonds is 6. The Hall–Kier alpha value is -1.93. The van der Waals surface area contributed by atoms with Crippen molar-refractivity contribution in [3.05, 3.63) is 36.0 Å². The van der Waals surface area contributed by atoms with Crippen molar-refractivity contribution in [2.75, 3.05) is 36.8 Å². The van der Waals surface area contributed by atoms with Gasteiger partial charge in [0.05, 0.1) is 17.2 Å². The lowest BCUT2D eigenvalue weighted by atomic mass is 10.2. The summed E-state index contributed by atoms with van der Waals surface area (Å²) in [6, 6.07) is 7.19. The van der Waals surface area contributed by atoms with Gasteiger partial charge in [0.1, 0.15) is 0 Å². The molecule has 3 rings (SSSR count). The van der Waals surface area contributed by atoms with E-state index in [9.17, 15) is 8.42 Å². The van der Waals surface area contributed by atoms with E-state index in [-0.39, 0.29) is 5.75 Å². The topological polar surface area (TPSA) is 79.5 Å². The molecule has 1 aromatic carbocycles. The van der Waals surface area contributed by atoms with Crippen LogP contribution < -0.4 is 4.90 Å². The van der Waals surface area contributed by atoms with Gasteiger partial charge in [-0.25, -0.2) is 8.42 Å². The monoisotopic (exact) mass is 364 g/mol. The van der Waals surface area contributed by atoms with E-state index >= 15 is 0 Å². The molecule has 0 radical (unpaired) electrons. The second-order valence-electron chi connectivity index (χ2n) is 6.12. The summed E-state index contributed by atoms with van der Waals surface area (Å²) in [5.74, 6) is 1.54. The van der Waals surface area contributed by atoms with Crippen molar-refractivity contribution in [1.29, 1.82) is 0 Å². The smallest absolute Gasteiger partial charge is 0.226 e. The molecule has 0 amide bonds. The number of aromatic nitrogens is 2. The lowest BCUT2D eigenvalue weighted by Gasteiger charge is -2.35. The zero-order valence-electron chi connectivity index (χ0n) is 14.7. The van der Waals surface area contributed by atoms with Gasteiger partial charge in [0, 0.05) is 38.3 Å². The molecule has 1 aliphatic heterocycles. The maximum absolute atomic E-state index is 11.9. The summed E-state index contributed by atoms with van der Waals surface area (Å²) >= 11 is 0. The highest BCUT2D eigenvalue weighted by Gasteiger charge is 2.20. The van der Waals surface area contributed by atoms with E-state index < -0.39 is 9.84 Å². The van der Waals surface area contributed by atoms with Gasteiger partial charge in [-0.15, -0.1) is 0 Å². The molecule has 2 aromatic rings. The molecule has 136 valence electrons. The van der Waals surface area contributed by atoms with Crippen molar-refractivity contribution < 1.29 is 12.9 Å². The van der Waals surface area contributed by atoms with Gasteiger partial charge >= 0.3 is 0 Å². The van der Waals surface area contributed by atoms with Crippen molar-refractivity contribution in [2.45, 2.75) is 31.7 Å². The summed E-state index contributed by atoms with van der Waals surface area (Å²) < 4.78 is 28.9. The molecule has 1 saturated heterocycles. The summed E-state index contributed by atoms with van der Waals surface area (Å²) in [6.07, 6.45) is 0.754. The third-order valence-corrected chi connectivity index (χ3v) is 6.24. The van der Waals surface area contributed by atoms with Crippen molar-refractivity contribution in [3.8, 4) is 0 Å². The molecule has 0 unspecified atom stereocenters. The number of aryl methyl sites for hydroxylation is 1. The Labute approximate surface area is 148 Å². The van der Waals surface area contributed by atoms with E-state index in [4.69, 9.17) is 4.52 Å². The van der Waals surface area contributed by atoms with Crippen LogP contribution in [-0.4, -0.2) is 55.4 Å². The van der Waals surface area contributed by atoms with Gasteiger partial charge in [-0.3, -0.25) is 4.90 Å². The Bertz CT molecular complexity index is 794. The predicted octanol–water partition coefficient (Wildman–Crippen LogP) is 1.75. The van der Waals surface area contributed by atoms with Crippen molar-refractivity contribution >= 4 is 15.5 Å². The van der Waals surface area contributed by atoms with E-state index in [2.05, 4.69) is 19.9 Å². The van der Waals surface area contributed by atoms with Crippen LogP contribution in [0, 0.1) is 0 Å². The molecular formula is C17H24N4O3S. The van der Waals surface area contributed by atoms with E-state index in [1.54, 1.807) is 19.1 Å². The van der Waals surface area contributed by atoms with E-state index in [0.29, 0.717) is 17.3 Å². The molecule has 1 fully saturated rings. The van der Waals surface area contributed by atoms with Crippen LogP contribution in [0.5, 0.6) is 0 Å². The maximum Gasteiger partial charge on any atom is 0.226 e. The number of hydrogen-bond acceptors (Lipinski definition) is 7. The number of benzene rings is 1. The molecule has 0 saturated carbocycles. The molecule has 0 spiro atoms. The fraction of sp³-hybridized carbons (Fsp3) is 0.529. The number of sulfone groups is 1. The lowest BCUT2D eigenvalue weighted by molar-refractivity contribution is 0.240. The normalized spacial score (nSPS) is 16.3. The average Bonchev–Trinajstić information content (AvgIpc) is 3.10. The fourth-order valence-corrected chi connectivity index (χ4v) is 3.78. The maximum atomic E-state index is 11.9. The average molecular weight is 364 g/mol. The Morgan fingerprint density at radius 3 is 2.32 bits per heavy atom. The van der Waals surface area contributed by atoms with Crippen LogP contribution in [0.15, 0.2) is 33.7 Å². The molecular weight excluding hydrogens is 340 g/mol. The Kier molecular flexibility index (Phi) is 5.39. The van der Waals surface area contributed by atoms with E-state index in [1.165, 1.54) is 0 Å². The van der Waals surface area contributed by atoms with Gasteiger partial charge in [-0.05, 0) is 24.3 Å². The zero-order chi connectivity index (χ0) is 17.9. The second kappa shape index (κ2) is 7.53. The van der Waals surface area contributed by atoms with Crippen LogP contribution in [0.4, 0.5) is 5.69 Å². The molecule has 7 nitrogen and oxygen atoms in total. The molecule has 0 bridgehead atoms. The summed E-state index contributed by atoms with van der Waals surface area (Å²) in [7, 11) is -3.14. The molecule has 2 heterocycles. The summed E-state index contributed by atoms with van der Waals surface area (Å²) in [5.41, 5.74) is 1.06. The minimum atomic E-state index is -3.14. The quantitative estimate of drug-likeness (QED) is 0.772. The number of nitrogens with zero attached hydrogens (tertiary/aromatic N) is 4. The predicted molar refractivity (Wildman–Crippen MR) is 95.3 cm³/mol. The SMILES string of the molecule is CCc1nc(CN2CCN(c3ccc(S(=O)(=O)CC)cc3)CC2)no1. The van der Waals surface area contributed by atoms with Gasteiger partial charge in [0.2, 0.25) is 5.89 Å². The first-order valence-electron chi connectivity index (χ1n) is 8.63. The molecule has 0 aliphatic carbocycles. The molecule has 8 heteroatoms. The minimum absolute atomic E-state index is 0.126. The first kappa shape index (κ1) is 17.9. The van der Waals surface area contributed by atoms with Gasteiger partial charge in [-0.2, -0.15) is 4.98 Å². The first-order chi connectivity index (χ1) is 12.0. The number of anilines is 1. The largest absolute Gasteiger partial charge is 0.369 e. The van der Waals surface area contributed by atoms with Crippen molar-refractivity contribution in [3.63, 3.8) is 0 Å². The van der Waals surface area contributed by atoms with Crippen LogP contribution in [0.1, 0.15) is 25.6 Å². The van der Waals surface area contributed by atoms with E-state index in [0.717, 1.165) is 44.1 Å². The number of piperazine rings is 1. The van der Waals surface area contributed by atoms with E-state index in [1.807, 2.05) is 19.1 Å². The van der Waals surface area contributed by atoms with Crippen LogP contribution in [0.3, 0.4) is 0 Å². The highest BCUT2D eigenvalue weighted by molar-refractivity contribution is 7.91. The molecule has 0 N–H and O–H groups in total. The lowest BCUT2D eigenvalue weighted by Crippen LogP contribution is -2.46. The highest BCUT2D eigenvalue weighted by Crippen LogP contribution is 2.20. The molecule has 1 aliphatic rings. The first-order valence-corrected chi connectivity index (χ1v) is 10.3. The standard InChI is InChI=1S/C17H24N4O3S/c1-3-17-18-16(19-24-17)13-20-9-11-21(12-10-20)14-5-7-15(8-6-14)25(22,23)4-2/h5-8H,3-4,9-13H2,1-2H3. The summed E-state index contributed by atoms with van der Waals surface area (Å²) in [4.78, 5) is 9.31. The molecule has 0 atom stereocenters. The molecule has 25 heavy (non-hydrogen) atoms. The second-order valence-corrected chi connectivity index (χ2v) is 8.40. The zero-order valence-corrected chi connectivity index (χ0v) is 15.5. The summed E-state index contributed by atoms with van der Waals surface area (Å²) in [6.45, 7) is 7.94. The van der Waals surface area contributed by atoms with Crippen molar-refractivity contribution in [2.24, 2.45) is 0 Å². The van der Waals surface area contributed by atoms with Gasteiger partial charge < -0.3 is 9.42 Å². The highest BCUT2D eigenvalue weighted by atomic mass is 32.2. The van der Waals surface area contributed by atoms with Crippen LogP contribution in [-0.2, 0) is 22.8 Å². The third kappa shape index (κ3) is 4.19. The van der Waals surface area contributed by atoms with Gasteiger partial charge in [-0.1, -0.05) is 19.0 Å². The molecule has 1 aromatic heterocycles. The Morgan fingerprint density at radius 2 is 1.76 bits per heavy atom. The van der Waals surface area contributed by atoms with Crippen LogP contribution in [0.2, 0.25) is 0 Å². The van der Waals surface area contributed by atoms with Gasteiger partial charge in [0.15, 0.2) is 15.7 Å². The van der Waals surface area contributed by atoms with Crippen LogP contribution in [0.25, 0.3) is 0 Å². The minimum Gasteiger partial charge on any atom is -0.369 e. The number of hydrogen-bond donors (Lipinski definition) is 0. The third-order valence-electron chi connectivity index (χ3n) is 4.49. The van der Waals surface area contributed by atoms with Gasteiger partial charge in [0.25, 0.3) is 0 Å². The summed E-state index contributed by atoms with van der Waals surface area (Å²) in [5, 5.41) is 4.00. The fourth-order valence-electron chi connectivity index (χ4n) is 2.89.